The largest absolute Gasteiger partial charge is 0.399 e. The topological polar surface area (TPSA) is 50.5 Å². The Morgan fingerprint density at radius 3 is 2.31 bits per heavy atom. The molecule has 1 heterocycles. The Kier molecular flexibility index (Phi) is 3.76. The molecule has 1 aliphatic rings. The predicted octanol–water partition coefficient (Wildman–Crippen LogP) is 2.23. The highest BCUT2D eigenvalue weighted by Gasteiger charge is 2.14. The summed E-state index contributed by atoms with van der Waals surface area (Å²) in [5.74, 6) is 0. The lowest BCUT2D eigenvalue weighted by Gasteiger charge is -2.28. The average Bonchev–Trinajstić information content (AvgIpc) is 2.25. The number of hydrazine groups is 1. The maximum Gasteiger partial charge on any atom is 0.0866 e. The molecule has 1 fully saturated rings. The molecule has 88 valence electrons. The third-order valence-electron chi connectivity index (χ3n) is 2.35. The van der Waals surface area contributed by atoms with Crippen LogP contribution in [0.25, 0.3) is 0 Å². The van der Waals surface area contributed by atoms with Crippen molar-refractivity contribution in [1.29, 1.82) is 0 Å². The number of rotatable bonds is 2. The van der Waals surface area contributed by atoms with Crippen LogP contribution in [0.3, 0.4) is 0 Å². The van der Waals surface area contributed by atoms with Crippen LogP contribution in [0.15, 0.2) is 12.1 Å². The molecular formula is C10H13Cl2N3O. The standard InChI is InChI=1S/C10H13Cl2N3O/c11-8-5-7(13)6-9(12)10(8)14-15-1-3-16-4-2-15/h5-6,14H,1-4,13H2. The van der Waals surface area contributed by atoms with Gasteiger partial charge < -0.3 is 15.9 Å². The van der Waals surface area contributed by atoms with E-state index in [4.69, 9.17) is 33.7 Å². The predicted molar refractivity (Wildman–Crippen MR) is 66.9 cm³/mol. The molecule has 2 rings (SSSR count). The van der Waals surface area contributed by atoms with E-state index in [1.54, 1.807) is 12.1 Å². The van der Waals surface area contributed by atoms with Gasteiger partial charge in [0, 0.05) is 18.8 Å². The van der Waals surface area contributed by atoms with E-state index in [1.165, 1.54) is 0 Å². The average molecular weight is 262 g/mol. The van der Waals surface area contributed by atoms with Gasteiger partial charge in [0.1, 0.15) is 0 Å². The van der Waals surface area contributed by atoms with E-state index in [1.807, 2.05) is 5.01 Å². The summed E-state index contributed by atoms with van der Waals surface area (Å²) in [4.78, 5) is 0. The van der Waals surface area contributed by atoms with Gasteiger partial charge in [-0.15, -0.1) is 0 Å². The van der Waals surface area contributed by atoms with Gasteiger partial charge in [0.15, 0.2) is 0 Å². The van der Waals surface area contributed by atoms with Gasteiger partial charge >= 0.3 is 0 Å². The van der Waals surface area contributed by atoms with Crippen LogP contribution in [0, 0.1) is 0 Å². The Labute approximate surface area is 104 Å². The van der Waals surface area contributed by atoms with Gasteiger partial charge in [-0.3, -0.25) is 0 Å². The molecule has 3 N–H and O–H groups in total. The third kappa shape index (κ3) is 2.71. The first kappa shape index (κ1) is 11.8. The molecule has 0 radical (unpaired) electrons. The molecule has 1 aromatic carbocycles. The van der Waals surface area contributed by atoms with Gasteiger partial charge in [0.25, 0.3) is 0 Å². The van der Waals surface area contributed by atoms with E-state index >= 15 is 0 Å². The first-order valence-electron chi connectivity index (χ1n) is 5.00. The van der Waals surface area contributed by atoms with Crippen molar-refractivity contribution in [2.24, 2.45) is 0 Å². The minimum absolute atomic E-state index is 0.525. The molecule has 0 aromatic heterocycles. The monoisotopic (exact) mass is 261 g/mol. The fraction of sp³-hybridized carbons (Fsp3) is 0.400. The highest BCUT2D eigenvalue weighted by atomic mass is 35.5. The van der Waals surface area contributed by atoms with Crippen LogP contribution in [0.1, 0.15) is 0 Å². The van der Waals surface area contributed by atoms with Gasteiger partial charge in [0.2, 0.25) is 0 Å². The molecule has 1 aliphatic heterocycles. The summed E-state index contributed by atoms with van der Waals surface area (Å²) in [6, 6.07) is 3.35. The zero-order chi connectivity index (χ0) is 11.5. The molecule has 0 amide bonds. The summed E-state index contributed by atoms with van der Waals surface area (Å²) in [6.07, 6.45) is 0. The Morgan fingerprint density at radius 2 is 1.75 bits per heavy atom. The van der Waals surface area contributed by atoms with Crippen LogP contribution < -0.4 is 11.2 Å². The smallest absolute Gasteiger partial charge is 0.0866 e. The lowest BCUT2D eigenvalue weighted by molar-refractivity contribution is 0.0497. The van der Waals surface area contributed by atoms with Crippen molar-refractivity contribution in [1.82, 2.24) is 5.01 Å². The molecule has 0 bridgehead atoms. The second-order valence-electron chi connectivity index (χ2n) is 3.57. The maximum absolute atomic E-state index is 6.07. The van der Waals surface area contributed by atoms with Crippen LogP contribution >= 0.6 is 23.2 Å². The minimum atomic E-state index is 0.525. The van der Waals surface area contributed by atoms with Crippen molar-refractivity contribution in [2.75, 3.05) is 37.5 Å². The lowest BCUT2D eigenvalue weighted by atomic mass is 10.3. The van der Waals surface area contributed by atoms with Gasteiger partial charge in [-0.25, -0.2) is 5.01 Å². The van der Waals surface area contributed by atoms with Crippen LogP contribution in [0.5, 0.6) is 0 Å². The number of nitrogen functional groups attached to an aromatic ring is 1. The SMILES string of the molecule is Nc1cc(Cl)c(NN2CCOCC2)c(Cl)c1. The van der Waals surface area contributed by atoms with Gasteiger partial charge in [-0.2, -0.15) is 0 Å². The molecule has 0 spiro atoms. The molecule has 0 saturated carbocycles. The quantitative estimate of drug-likeness (QED) is 0.802. The summed E-state index contributed by atoms with van der Waals surface area (Å²) in [5, 5.41) is 3.07. The van der Waals surface area contributed by atoms with E-state index in [-0.39, 0.29) is 0 Å². The van der Waals surface area contributed by atoms with E-state index in [9.17, 15) is 0 Å². The van der Waals surface area contributed by atoms with Crippen molar-refractivity contribution < 1.29 is 4.74 Å². The Hall–Kier alpha value is -0.680. The molecule has 0 unspecified atom stereocenters. The third-order valence-corrected chi connectivity index (χ3v) is 2.94. The highest BCUT2D eigenvalue weighted by molar-refractivity contribution is 6.39. The summed E-state index contributed by atoms with van der Waals surface area (Å²) >= 11 is 12.1. The number of nitrogens with two attached hydrogens (primary N) is 1. The number of halogens is 2. The van der Waals surface area contributed by atoms with E-state index < -0.39 is 0 Å². The maximum atomic E-state index is 6.07. The molecule has 0 aliphatic carbocycles. The van der Waals surface area contributed by atoms with Crippen molar-refractivity contribution in [3.8, 4) is 0 Å². The summed E-state index contributed by atoms with van der Waals surface area (Å²) < 4.78 is 5.25. The number of hydrogen-bond acceptors (Lipinski definition) is 4. The van der Waals surface area contributed by atoms with Crippen LogP contribution in [0.2, 0.25) is 10.0 Å². The van der Waals surface area contributed by atoms with Crippen molar-refractivity contribution in [3.63, 3.8) is 0 Å². The number of hydrogen-bond donors (Lipinski definition) is 2. The summed E-state index contributed by atoms with van der Waals surface area (Å²) in [6.45, 7) is 3.02. The van der Waals surface area contributed by atoms with Gasteiger partial charge in [-0.1, -0.05) is 23.2 Å². The summed E-state index contributed by atoms with van der Waals surface area (Å²) in [5.41, 5.74) is 10.1. The first-order valence-corrected chi connectivity index (χ1v) is 5.76. The van der Waals surface area contributed by atoms with Gasteiger partial charge in [0.05, 0.1) is 28.9 Å². The Bertz CT molecular complexity index is 357. The number of nitrogens with zero attached hydrogens (tertiary/aromatic N) is 1. The fourth-order valence-electron chi connectivity index (χ4n) is 1.53. The molecule has 16 heavy (non-hydrogen) atoms. The van der Waals surface area contributed by atoms with E-state index in [0.717, 1.165) is 13.1 Å². The van der Waals surface area contributed by atoms with Crippen molar-refractivity contribution in [3.05, 3.63) is 22.2 Å². The number of ether oxygens (including phenoxy) is 1. The molecule has 1 saturated heterocycles. The zero-order valence-electron chi connectivity index (χ0n) is 8.67. The van der Waals surface area contributed by atoms with Crippen LogP contribution in [0.4, 0.5) is 11.4 Å². The molecule has 0 atom stereocenters. The lowest BCUT2D eigenvalue weighted by Crippen LogP contribution is -2.40. The number of morpholine rings is 1. The number of benzene rings is 1. The van der Waals surface area contributed by atoms with Crippen LogP contribution in [-0.2, 0) is 4.74 Å². The second-order valence-corrected chi connectivity index (χ2v) is 4.39. The van der Waals surface area contributed by atoms with Crippen molar-refractivity contribution >= 4 is 34.6 Å². The molecule has 4 nitrogen and oxygen atoms in total. The molecule has 6 heteroatoms. The number of anilines is 2. The van der Waals surface area contributed by atoms with E-state index in [2.05, 4.69) is 5.43 Å². The molecular weight excluding hydrogens is 249 g/mol. The first-order chi connectivity index (χ1) is 7.66. The van der Waals surface area contributed by atoms with Gasteiger partial charge in [-0.05, 0) is 12.1 Å². The Morgan fingerprint density at radius 1 is 1.19 bits per heavy atom. The van der Waals surface area contributed by atoms with Crippen molar-refractivity contribution in [2.45, 2.75) is 0 Å². The Balaban J connectivity index is 2.14. The highest BCUT2D eigenvalue weighted by Crippen LogP contribution is 2.33. The second kappa shape index (κ2) is 5.10. The normalized spacial score (nSPS) is 17.4. The summed E-state index contributed by atoms with van der Waals surface area (Å²) in [7, 11) is 0. The van der Waals surface area contributed by atoms with E-state index in [0.29, 0.717) is 34.6 Å². The fourth-order valence-corrected chi connectivity index (χ4v) is 2.12. The number of nitrogens with one attached hydrogen (secondary N) is 1. The zero-order valence-corrected chi connectivity index (χ0v) is 10.2. The minimum Gasteiger partial charge on any atom is -0.399 e. The molecule has 1 aromatic rings. The van der Waals surface area contributed by atoms with Crippen LogP contribution in [-0.4, -0.2) is 31.3 Å².